The van der Waals surface area contributed by atoms with Gasteiger partial charge in [0.1, 0.15) is 17.5 Å². The van der Waals surface area contributed by atoms with Crippen molar-refractivity contribution in [3.63, 3.8) is 0 Å². The van der Waals surface area contributed by atoms with Crippen LogP contribution in [0.15, 0.2) is 24.3 Å². The Kier molecular flexibility index (Phi) is 4.87. The molecule has 10 heteroatoms. The van der Waals surface area contributed by atoms with Crippen molar-refractivity contribution in [3.05, 3.63) is 39.7 Å². The maximum absolute atomic E-state index is 13.0. The molecule has 0 aliphatic carbocycles. The summed E-state index contributed by atoms with van der Waals surface area (Å²) < 4.78 is 3.75. The second-order valence-corrected chi connectivity index (χ2v) is 10.7. The van der Waals surface area contributed by atoms with E-state index < -0.39 is 34.1 Å². The van der Waals surface area contributed by atoms with E-state index in [9.17, 15) is 19.5 Å². The number of β-lactam (4-membered cyclic amide) rings is 1. The molecule has 4 rings (SSSR count). The van der Waals surface area contributed by atoms with Crippen molar-refractivity contribution in [2.24, 2.45) is 0 Å². The summed E-state index contributed by atoms with van der Waals surface area (Å²) in [6.45, 7) is 5.40. The van der Waals surface area contributed by atoms with Gasteiger partial charge in [-0.2, -0.15) is 4.37 Å². The summed E-state index contributed by atoms with van der Waals surface area (Å²) in [6.07, 6.45) is 0. The Morgan fingerprint density at radius 1 is 1.28 bits per heavy atom. The first-order valence-electron chi connectivity index (χ1n) is 8.87. The lowest BCUT2D eigenvalue weighted by Crippen LogP contribution is -2.70. The molecule has 152 valence electrons. The number of aliphatic carboxylic acids is 1. The Morgan fingerprint density at radius 2 is 1.93 bits per heavy atom. The number of carbonyl (C=O) groups excluding carboxylic acids is 2. The molecule has 7 nitrogen and oxygen atoms in total. The molecular formula is C19H18ClN3O4S2. The molecule has 2 saturated heterocycles. The summed E-state index contributed by atoms with van der Waals surface area (Å²) in [6, 6.07) is 5.36. The summed E-state index contributed by atoms with van der Waals surface area (Å²) in [7, 11) is 0. The van der Waals surface area contributed by atoms with Gasteiger partial charge in [-0.15, -0.1) is 11.8 Å². The number of fused-ring (bicyclic) bond motifs is 1. The number of amides is 2. The van der Waals surface area contributed by atoms with Crippen LogP contribution in [0.5, 0.6) is 0 Å². The Labute approximate surface area is 180 Å². The van der Waals surface area contributed by atoms with Crippen LogP contribution in [-0.4, -0.2) is 54.4 Å². The number of aryl methyl sites for hydroxylation is 1. The zero-order chi connectivity index (χ0) is 21.1. The maximum Gasteiger partial charge on any atom is 0.327 e. The number of aromatic nitrogens is 1. The first kappa shape index (κ1) is 20.2. The number of nitrogens with one attached hydrogen (secondary N) is 1. The molecule has 1 aromatic heterocycles. The van der Waals surface area contributed by atoms with Gasteiger partial charge in [0.15, 0.2) is 0 Å². The van der Waals surface area contributed by atoms with Crippen LogP contribution in [-0.2, 0) is 9.59 Å². The number of thioether (sulfide) groups is 1. The molecule has 3 heterocycles. The van der Waals surface area contributed by atoms with Crippen molar-refractivity contribution in [2.75, 3.05) is 0 Å². The summed E-state index contributed by atoms with van der Waals surface area (Å²) in [5.41, 5.74) is 1.71. The van der Waals surface area contributed by atoms with Gasteiger partial charge in [0.25, 0.3) is 5.91 Å². The predicted octanol–water partition coefficient (Wildman–Crippen LogP) is 3.02. The zero-order valence-corrected chi connectivity index (χ0v) is 18.2. The van der Waals surface area contributed by atoms with Gasteiger partial charge in [-0.1, -0.05) is 23.7 Å². The highest BCUT2D eigenvalue weighted by molar-refractivity contribution is 8.01. The van der Waals surface area contributed by atoms with Gasteiger partial charge in [-0.25, -0.2) is 4.79 Å². The SMILES string of the molecule is Cc1snc(-c2ccc(Cl)cc2)c1C(=O)N[C@@H]1C(=O)N2[C@@H]1SC(C)(C)[C@@H]2C(=O)O. The van der Waals surface area contributed by atoms with E-state index in [1.165, 1.54) is 28.2 Å². The number of hydrogen-bond donors (Lipinski definition) is 2. The minimum Gasteiger partial charge on any atom is -0.480 e. The van der Waals surface area contributed by atoms with Gasteiger partial charge < -0.3 is 15.3 Å². The summed E-state index contributed by atoms with van der Waals surface area (Å²) in [4.78, 5) is 39.4. The van der Waals surface area contributed by atoms with E-state index in [2.05, 4.69) is 9.69 Å². The number of nitrogens with zero attached hydrogens (tertiary/aromatic N) is 2. The number of benzene rings is 1. The molecule has 0 radical (unpaired) electrons. The monoisotopic (exact) mass is 451 g/mol. The van der Waals surface area contributed by atoms with Crippen LogP contribution in [0.4, 0.5) is 0 Å². The lowest BCUT2D eigenvalue weighted by Gasteiger charge is -2.43. The van der Waals surface area contributed by atoms with Gasteiger partial charge in [-0.3, -0.25) is 9.59 Å². The third-order valence-electron chi connectivity index (χ3n) is 5.17. The number of rotatable bonds is 4. The minimum absolute atomic E-state index is 0.372. The smallest absolute Gasteiger partial charge is 0.327 e. The molecule has 29 heavy (non-hydrogen) atoms. The van der Waals surface area contributed by atoms with Crippen LogP contribution in [0.3, 0.4) is 0 Å². The molecule has 3 atom stereocenters. The van der Waals surface area contributed by atoms with Gasteiger partial charge >= 0.3 is 5.97 Å². The molecule has 2 N–H and O–H groups in total. The number of carboxylic acids is 1. The number of carbonyl (C=O) groups is 3. The van der Waals surface area contributed by atoms with Crippen LogP contribution in [0.25, 0.3) is 11.3 Å². The molecule has 0 spiro atoms. The number of carboxylic acid groups (broad SMARTS) is 1. The van der Waals surface area contributed by atoms with Crippen molar-refractivity contribution in [3.8, 4) is 11.3 Å². The molecule has 2 aromatic rings. The highest BCUT2D eigenvalue weighted by Gasteiger charge is 2.64. The molecule has 1 aromatic carbocycles. The van der Waals surface area contributed by atoms with Gasteiger partial charge in [0.05, 0.1) is 11.3 Å². The van der Waals surface area contributed by atoms with E-state index >= 15 is 0 Å². The van der Waals surface area contributed by atoms with E-state index in [0.29, 0.717) is 16.3 Å². The maximum atomic E-state index is 13.0. The minimum atomic E-state index is -1.04. The van der Waals surface area contributed by atoms with E-state index in [1.807, 2.05) is 0 Å². The molecule has 0 saturated carbocycles. The van der Waals surface area contributed by atoms with E-state index in [0.717, 1.165) is 10.4 Å². The second-order valence-electron chi connectivity index (χ2n) is 7.52. The lowest BCUT2D eigenvalue weighted by atomic mass is 9.95. The summed E-state index contributed by atoms with van der Waals surface area (Å²) in [5.74, 6) is -1.80. The molecule has 2 aliphatic heterocycles. The highest BCUT2D eigenvalue weighted by Crippen LogP contribution is 2.50. The van der Waals surface area contributed by atoms with Crippen LogP contribution in [0.2, 0.25) is 5.02 Å². The fourth-order valence-corrected chi connectivity index (χ4v) is 6.26. The molecular weight excluding hydrogens is 434 g/mol. The molecule has 2 amide bonds. The van der Waals surface area contributed by atoms with E-state index in [1.54, 1.807) is 45.0 Å². The van der Waals surface area contributed by atoms with Crippen molar-refractivity contribution in [2.45, 2.75) is 43.0 Å². The molecule has 2 aliphatic rings. The zero-order valence-electron chi connectivity index (χ0n) is 15.8. The first-order valence-corrected chi connectivity index (χ1v) is 10.9. The Morgan fingerprint density at radius 3 is 2.55 bits per heavy atom. The van der Waals surface area contributed by atoms with Crippen LogP contribution >= 0.6 is 34.9 Å². The van der Waals surface area contributed by atoms with Crippen LogP contribution in [0.1, 0.15) is 29.1 Å². The quantitative estimate of drug-likeness (QED) is 0.693. The van der Waals surface area contributed by atoms with Crippen molar-refractivity contribution < 1.29 is 19.5 Å². The standard InChI is InChI=1S/C19H18ClN3O4S2/c1-8-11(12(22-29-8)9-4-6-10(20)7-5-9)15(24)21-13-16(25)23-14(18(26)27)19(2,3)28-17(13)23/h4-7,13-14,17H,1-3H3,(H,21,24)(H,26,27)/t13-,14+,17-/m1/s1. The van der Waals surface area contributed by atoms with Gasteiger partial charge in [0.2, 0.25) is 5.91 Å². The number of halogens is 1. The second kappa shape index (κ2) is 7.00. The van der Waals surface area contributed by atoms with Crippen LogP contribution < -0.4 is 5.32 Å². The Hall–Kier alpha value is -2.10. The third kappa shape index (κ3) is 3.21. The lowest BCUT2D eigenvalue weighted by molar-refractivity contribution is -0.159. The van der Waals surface area contributed by atoms with E-state index in [-0.39, 0.29) is 5.91 Å². The topological polar surface area (TPSA) is 99.6 Å². The Balaban J connectivity index is 1.58. The Bertz CT molecular complexity index is 1020. The average Bonchev–Trinajstić information content (AvgIpc) is 3.15. The predicted molar refractivity (Wildman–Crippen MR) is 112 cm³/mol. The molecule has 0 bridgehead atoms. The van der Waals surface area contributed by atoms with Crippen molar-refractivity contribution in [1.82, 2.24) is 14.6 Å². The summed E-state index contributed by atoms with van der Waals surface area (Å²) in [5, 5.41) is 12.5. The average molecular weight is 452 g/mol. The number of hydrogen-bond acceptors (Lipinski definition) is 6. The molecule has 2 fully saturated rings. The van der Waals surface area contributed by atoms with E-state index in [4.69, 9.17) is 11.6 Å². The summed E-state index contributed by atoms with van der Waals surface area (Å²) >= 11 is 8.55. The highest BCUT2D eigenvalue weighted by atomic mass is 35.5. The third-order valence-corrected chi connectivity index (χ3v) is 7.74. The fourth-order valence-electron chi connectivity index (χ4n) is 3.80. The molecule has 0 unspecified atom stereocenters. The van der Waals surface area contributed by atoms with Crippen molar-refractivity contribution in [1.29, 1.82) is 0 Å². The normalized spacial score (nSPS) is 24.8. The van der Waals surface area contributed by atoms with Crippen molar-refractivity contribution >= 4 is 52.7 Å². The van der Waals surface area contributed by atoms with Gasteiger partial charge in [-0.05, 0) is 44.4 Å². The first-order chi connectivity index (χ1) is 13.6. The van der Waals surface area contributed by atoms with Gasteiger partial charge in [0, 0.05) is 20.2 Å². The van der Waals surface area contributed by atoms with Crippen LogP contribution in [0, 0.1) is 6.92 Å². The largest absolute Gasteiger partial charge is 0.480 e. The fraction of sp³-hybridized carbons (Fsp3) is 0.368.